The first-order chi connectivity index (χ1) is 9.77. The molecule has 118 valence electrons. The van der Waals surface area contributed by atoms with Crippen LogP contribution in [0.15, 0.2) is 18.2 Å². The van der Waals surface area contributed by atoms with Crippen LogP contribution in [0.25, 0.3) is 0 Å². The van der Waals surface area contributed by atoms with E-state index in [9.17, 15) is 4.79 Å². The maximum absolute atomic E-state index is 12.2. The first-order valence-corrected chi connectivity index (χ1v) is 7.66. The molecule has 0 saturated carbocycles. The minimum Gasteiger partial charge on any atom is -0.398 e. The van der Waals surface area contributed by atoms with Crippen LogP contribution in [-0.2, 0) is 4.79 Å². The molecular formula is C17H29N3O. The summed E-state index contributed by atoms with van der Waals surface area (Å²) in [7, 11) is 0. The average molecular weight is 291 g/mol. The van der Waals surface area contributed by atoms with Crippen molar-refractivity contribution in [3.05, 3.63) is 23.8 Å². The molecule has 0 spiro atoms. The molecule has 0 aromatic heterocycles. The van der Waals surface area contributed by atoms with Crippen molar-refractivity contribution < 1.29 is 4.79 Å². The number of rotatable bonds is 7. The lowest BCUT2D eigenvalue weighted by Gasteiger charge is -2.25. The van der Waals surface area contributed by atoms with Crippen LogP contribution in [-0.4, -0.2) is 30.4 Å². The van der Waals surface area contributed by atoms with Crippen LogP contribution in [0.5, 0.6) is 0 Å². The van der Waals surface area contributed by atoms with Crippen molar-refractivity contribution in [1.82, 2.24) is 4.90 Å². The van der Waals surface area contributed by atoms with Gasteiger partial charge in [-0.05, 0) is 36.5 Å². The third-order valence-corrected chi connectivity index (χ3v) is 3.18. The molecular weight excluding hydrogens is 262 g/mol. The molecule has 1 amide bonds. The number of amides is 1. The zero-order valence-electron chi connectivity index (χ0n) is 13.9. The molecule has 0 unspecified atom stereocenters. The van der Waals surface area contributed by atoms with Gasteiger partial charge in [0.2, 0.25) is 5.91 Å². The van der Waals surface area contributed by atoms with Crippen molar-refractivity contribution in [3.8, 4) is 0 Å². The standard InChI is InChI=1S/C17H29N3O/c1-12(2)9-20(10-13(3)4)11-17(21)19-15-7-6-14(5)16(18)8-15/h6-8,12-13H,9-11,18H2,1-5H3,(H,19,21). The Morgan fingerprint density at radius 2 is 1.76 bits per heavy atom. The van der Waals surface area contributed by atoms with Gasteiger partial charge in [-0.3, -0.25) is 9.69 Å². The number of aryl methyl sites for hydroxylation is 1. The highest BCUT2D eigenvalue weighted by molar-refractivity contribution is 5.92. The van der Waals surface area contributed by atoms with Gasteiger partial charge in [-0.15, -0.1) is 0 Å². The quantitative estimate of drug-likeness (QED) is 0.759. The van der Waals surface area contributed by atoms with Crippen LogP contribution in [0.3, 0.4) is 0 Å². The maximum Gasteiger partial charge on any atom is 0.238 e. The van der Waals surface area contributed by atoms with Crippen LogP contribution in [0.4, 0.5) is 11.4 Å². The van der Waals surface area contributed by atoms with Crippen molar-refractivity contribution in [2.75, 3.05) is 30.7 Å². The van der Waals surface area contributed by atoms with E-state index in [4.69, 9.17) is 5.73 Å². The van der Waals surface area contributed by atoms with Gasteiger partial charge in [0, 0.05) is 24.5 Å². The second kappa shape index (κ2) is 8.03. The number of nitrogens with one attached hydrogen (secondary N) is 1. The molecule has 0 atom stereocenters. The van der Waals surface area contributed by atoms with E-state index in [-0.39, 0.29) is 5.91 Å². The van der Waals surface area contributed by atoms with Gasteiger partial charge in [0.15, 0.2) is 0 Å². The first-order valence-electron chi connectivity index (χ1n) is 7.66. The Morgan fingerprint density at radius 1 is 1.19 bits per heavy atom. The lowest BCUT2D eigenvalue weighted by atomic mass is 10.1. The Balaban J connectivity index is 2.61. The normalized spacial score (nSPS) is 11.4. The molecule has 4 nitrogen and oxygen atoms in total. The molecule has 1 aromatic carbocycles. The van der Waals surface area contributed by atoms with Gasteiger partial charge >= 0.3 is 0 Å². The van der Waals surface area contributed by atoms with Crippen LogP contribution >= 0.6 is 0 Å². The minimum atomic E-state index is 0.0135. The van der Waals surface area contributed by atoms with Gasteiger partial charge in [-0.1, -0.05) is 33.8 Å². The Labute approximate surface area is 128 Å². The van der Waals surface area contributed by atoms with E-state index in [1.165, 1.54) is 0 Å². The summed E-state index contributed by atoms with van der Waals surface area (Å²) in [4.78, 5) is 14.4. The fourth-order valence-electron chi connectivity index (χ4n) is 2.36. The van der Waals surface area contributed by atoms with Crippen molar-refractivity contribution in [2.24, 2.45) is 11.8 Å². The monoisotopic (exact) mass is 291 g/mol. The van der Waals surface area contributed by atoms with Gasteiger partial charge in [0.1, 0.15) is 0 Å². The molecule has 3 N–H and O–H groups in total. The minimum absolute atomic E-state index is 0.0135. The Morgan fingerprint density at radius 3 is 2.24 bits per heavy atom. The highest BCUT2D eigenvalue weighted by Gasteiger charge is 2.14. The van der Waals surface area contributed by atoms with Gasteiger partial charge in [-0.2, -0.15) is 0 Å². The number of nitrogen functional groups attached to an aromatic ring is 1. The molecule has 1 aromatic rings. The number of carbonyl (C=O) groups is 1. The molecule has 1 rings (SSSR count). The number of hydrogen-bond donors (Lipinski definition) is 2. The molecule has 0 aliphatic heterocycles. The second-order valence-electron chi connectivity index (χ2n) is 6.60. The van der Waals surface area contributed by atoms with Gasteiger partial charge in [-0.25, -0.2) is 0 Å². The topological polar surface area (TPSA) is 58.4 Å². The number of hydrogen-bond acceptors (Lipinski definition) is 3. The Kier molecular flexibility index (Phi) is 6.69. The molecule has 0 bridgehead atoms. The van der Waals surface area contributed by atoms with E-state index in [1.807, 2.05) is 25.1 Å². The van der Waals surface area contributed by atoms with E-state index >= 15 is 0 Å². The predicted octanol–water partition coefficient (Wildman–Crippen LogP) is 3.13. The molecule has 0 heterocycles. The lowest BCUT2D eigenvalue weighted by molar-refractivity contribution is -0.117. The summed E-state index contributed by atoms with van der Waals surface area (Å²) in [5.74, 6) is 1.11. The zero-order chi connectivity index (χ0) is 16.0. The summed E-state index contributed by atoms with van der Waals surface area (Å²) in [5, 5.41) is 2.93. The van der Waals surface area contributed by atoms with Crippen LogP contribution < -0.4 is 11.1 Å². The Hall–Kier alpha value is -1.55. The molecule has 0 aliphatic carbocycles. The highest BCUT2D eigenvalue weighted by atomic mass is 16.2. The third-order valence-electron chi connectivity index (χ3n) is 3.18. The van der Waals surface area contributed by atoms with Gasteiger partial charge in [0.25, 0.3) is 0 Å². The molecule has 0 fully saturated rings. The zero-order valence-corrected chi connectivity index (χ0v) is 13.9. The Bertz CT molecular complexity index is 459. The van der Waals surface area contributed by atoms with Gasteiger partial charge < -0.3 is 11.1 Å². The molecule has 21 heavy (non-hydrogen) atoms. The fourth-order valence-corrected chi connectivity index (χ4v) is 2.36. The first kappa shape index (κ1) is 17.5. The molecule has 4 heteroatoms. The fraction of sp³-hybridized carbons (Fsp3) is 0.588. The number of nitrogens with two attached hydrogens (primary N) is 1. The van der Waals surface area contributed by atoms with E-state index in [2.05, 4.69) is 37.9 Å². The van der Waals surface area contributed by atoms with E-state index < -0.39 is 0 Å². The summed E-state index contributed by atoms with van der Waals surface area (Å²) in [6.07, 6.45) is 0. The van der Waals surface area contributed by atoms with E-state index in [1.54, 1.807) is 0 Å². The maximum atomic E-state index is 12.2. The summed E-state index contributed by atoms with van der Waals surface area (Å²) >= 11 is 0. The van der Waals surface area contributed by atoms with E-state index in [0.717, 1.165) is 24.3 Å². The second-order valence-corrected chi connectivity index (χ2v) is 6.60. The third kappa shape index (κ3) is 6.63. The van der Waals surface area contributed by atoms with Crippen molar-refractivity contribution in [1.29, 1.82) is 0 Å². The highest BCUT2D eigenvalue weighted by Crippen LogP contribution is 2.17. The number of carbonyl (C=O) groups excluding carboxylic acids is 1. The van der Waals surface area contributed by atoms with Gasteiger partial charge in [0.05, 0.1) is 6.54 Å². The smallest absolute Gasteiger partial charge is 0.238 e. The lowest BCUT2D eigenvalue weighted by Crippen LogP contribution is -2.38. The molecule has 0 saturated heterocycles. The summed E-state index contributed by atoms with van der Waals surface area (Å²) in [6, 6.07) is 5.62. The summed E-state index contributed by atoms with van der Waals surface area (Å²) in [6.45, 7) is 12.9. The van der Waals surface area contributed by atoms with Crippen molar-refractivity contribution >= 4 is 17.3 Å². The SMILES string of the molecule is Cc1ccc(NC(=O)CN(CC(C)C)CC(C)C)cc1N. The average Bonchev–Trinajstić information content (AvgIpc) is 2.31. The van der Waals surface area contributed by atoms with Crippen LogP contribution in [0.1, 0.15) is 33.3 Å². The number of anilines is 2. The number of nitrogens with zero attached hydrogens (tertiary/aromatic N) is 1. The van der Waals surface area contributed by atoms with Crippen LogP contribution in [0.2, 0.25) is 0 Å². The van der Waals surface area contributed by atoms with Crippen molar-refractivity contribution in [3.63, 3.8) is 0 Å². The number of benzene rings is 1. The van der Waals surface area contributed by atoms with Crippen molar-refractivity contribution in [2.45, 2.75) is 34.6 Å². The predicted molar refractivity (Wildman–Crippen MR) is 90.3 cm³/mol. The largest absolute Gasteiger partial charge is 0.398 e. The molecule has 0 radical (unpaired) electrons. The summed E-state index contributed by atoms with van der Waals surface area (Å²) < 4.78 is 0. The van der Waals surface area contributed by atoms with E-state index in [0.29, 0.717) is 24.1 Å². The summed E-state index contributed by atoms with van der Waals surface area (Å²) in [5.41, 5.74) is 8.35. The van der Waals surface area contributed by atoms with Crippen LogP contribution in [0, 0.1) is 18.8 Å². The molecule has 0 aliphatic rings.